The summed E-state index contributed by atoms with van der Waals surface area (Å²) in [7, 11) is 0. The lowest BCUT2D eigenvalue weighted by Gasteiger charge is -2.10. The van der Waals surface area contributed by atoms with E-state index in [4.69, 9.17) is 0 Å². The summed E-state index contributed by atoms with van der Waals surface area (Å²) in [4.78, 5) is 16.1. The number of carbonyl (C=O) groups is 1. The molecule has 0 bridgehead atoms. The van der Waals surface area contributed by atoms with Crippen LogP contribution in [0.4, 0.5) is 0 Å². The van der Waals surface area contributed by atoms with Gasteiger partial charge < -0.3 is 10.4 Å². The van der Waals surface area contributed by atoms with E-state index in [1.807, 2.05) is 25.1 Å². The molecule has 18 heavy (non-hydrogen) atoms. The average Bonchev–Trinajstić information content (AvgIpc) is 2.80. The number of aliphatic hydroxyl groups excluding tert-OH is 1. The van der Waals surface area contributed by atoms with Crippen LogP contribution >= 0.6 is 0 Å². The minimum absolute atomic E-state index is 0.219. The Balaban J connectivity index is 2.05. The standard InChI is InChI=1S/C13H17N3O2/c1-2-5-10(17)8-15-13(18)11-9-14-12-6-3-4-7-16(11)12/h3-4,6-7,9-10,17H,2,5,8H2,1H3,(H,15,18). The van der Waals surface area contributed by atoms with E-state index in [0.717, 1.165) is 12.1 Å². The number of carbonyl (C=O) groups excluding carboxylic acids is 1. The average molecular weight is 247 g/mol. The maximum absolute atomic E-state index is 11.9. The molecule has 0 saturated carbocycles. The zero-order valence-electron chi connectivity index (χ0n) is 10.3. The quantitative estimate of drug-likeness (QED) is 0.835. The van der Waals surface area contributed by atoms with Gasteiger partial charge in [-0.05, 0) is 18.6 Å². The number of hydrogen-bond donors (Lipinski definition) is 2. The van der Waals surface area contributed by atoms with Crippen molar-refractivity contribution in [1.29, 1.82) is 0 Å². The molecule has 5 heteroatoms. The second kappa shape index (κ2) is 5.64. The van der Waals surface area contributed by atoms with Crippen molar-refractivity contribution in [1.82, 2.24) is 14.7 Å². The predicted octanol–water partition coefficient (Wildman–Crippen LogP) is 1.23. The number of nitrogens with zero attached hydrogens (tertiary/aromatic N) is 2. The summed E-state index contributed by atoms with van der Waals surface area (Å²) in [6.07, 6.45) is 4.43. The molecule has 1 atom stereocenters. The van der Waals surface area contributed by atoms with E-state index in [0.29, 0.717) is 12.1 Å². The van der Waals surface area contributed by atoms with Gasteiger partial charge in [0.1, 0.15) is 11.3 Å². The summed E-state index contributed by atoms with van der Waals surface area (Å²) in [5, 5.41) is 12.3. The largest absolute Gasteiger partial charge is 0.391 e. The lowest BCUT2D eigenvalue weighted by molar-refractivity contribution is 0.0904. The van der Waals surface area contributed by atoms with E-state index >= 15 is 0 Å². The van der Waals surface area contributed by atoms with Crippen molar-refractivity contribution in [3.8, 4) is 0 Å². The van der Waals surface area contributed by atoms with Gasteiger partial charge in [0.15, 0.2) is 0 Å². The first-order valence-electron chi connectivity index (χ1n) is 6.10. The molecule has 0 aliphatic heterocycles. The lowest BCUT2D eigenvalue weighted by Crippen LogP contribution is -2.32. The monoisotopic (exact) mass is 247 g/mol. The SMILES string of the molecule is CCCC(O)CNC(=O)c1cnc2ccccn12. The van der Waals surface area contributed by atoms with Gasteiger partial charge in [-0.25, -0.2) is 4.98 Å². The van der Waals surface area contributed by atoms with Crippen LogP contribution in [-0.4, -0.2) is 33.0 Å². The number of rotatable bonds is 5. The molecule has 2 rings (SSSR count). The van der Waals surface area contributed by atoms with Gasteiger partial charge in [0.05, 0.1) is 12.3 Å². The normalized spacial score (nSPS) is 12.6. The Bertz CT molecular complexity index is 536. The molecule has 2 N–H and O–H groups in total. The number of hydrogen-bond acceptors (Lipinski definition) is 3. The van der Waals surface area contributed by atoms with Crippen molar-refractivity contribution in [2.45, 2.75) is 25.9 Å². The fraction of sp³-hybridized carbons (Fsp3) is 0.385. The Morgan fingerprint density at radius 1 is 1.56 bits per heavy atom. The maximum Gasteiger partial charge on any atom is 0.270 e. The van der Waals surface area contributed by atoms with Crippen LogP contribution in [0.2, 0.25) is 0 Å². The number of pyridine rings is 1. The molecular formula is C13H17N3O2. The highest BCUT2D eigenvalue weighted by Gasteiger charge is 2.12. The van der Waals surface area contributed by atoms with Crippen LogP contribution in [0.15, 0.2) is 30.6 Å². The molecular weight excluding hydrogens is 230 g/mol. The van der Waals surface area contributed by atoms with Crippen molar-refractivity contribution >= 4 is 11.6 Å². The van der Waals surface area contributed by atoms with E-state index in [2.05, 4.69) is 10.3 Å². The van der Waals surface area contributed by atoms with E-state index in [1.165, 1.54) is 6.20 Å². The van der Waals surface area contributed by atoms with Crippen LogP contribution in [0, 0.1) is 0 Å². The molecule has 2 aromatic heterocycles. The summed E-state index contributed by atoms with van der Waals surface area (Å²) in [5.41, 5.74) is 1.21. The van der Waals surface area contributed by atoms with Crippen LogP contribution in [0.25, 0.3) is 5.65 Å². The van der Waals surface area contributed by atoms with Gasteiger partial charge in [0, 0.05) is 12.7 Å². The molecule has 96 valence electrons. The van der Waals surface area contributed by atoms with E-state index < -0.39 is 6.10 Å². The van der Waals surface area contributed by atoms with Gasteiger partial charge in [-0.2, -0.15) is 0 Å². The van der Waals surface area contributed by atoms with Gasteiger partial charge in [0.25, 0.3) is 5.91 Å². The first-order valence-corrected chi connectivity index (χ1v) is 6.10. The number of aliphatic hydroxyl groups is 1. The Kier molecular flexibility index (Phi) is 3.94. The highest BCUT2D eigenvalue weighted by atomic mass is 16.3. The third-order valence-corrected chi connectivity index (χ3v) is 2.77. The molecule has 0 fully saturated rings. The van der Waals surface area contributed by atoms with Crippen LogP contribution in [-0.2, 0) is 0 Å². The second-order valence-electron chi connectivity index (χ2n) is 4.22. The first kappa shape index (κ1) is 12.6. The number of imidazole rings is 1. The molecule has 0 aliphatic rings. The summed E-state index contributed by atoms with van der Waals surface area (Å²) < 4.78 is 1.72. The predicted molar refractivity (Wildman–Crippen MR) is 68.4 cm³/mol. The molecule has 1 unspecified atom stereocenters. The zero-order valence-corrected chi connectivity index (χ0v) is 10.3. The zero-order chi connectivity index (χ0) is 13.0. The van der Waals surface area contributed by atoms with Crippen molar-refractivity contribution in [2.75, 3.05) is 6.54 Å². The molecule has 5 nitrogen and oxygen atoms in total. The van der Waals surface area contributed by atoms with Crippen LogP contribution in [0.5, 0.6) is 0 Å². The number of amides is 1. The molecule has 0 saturated heterocycles. The minimum atomic E-state index is -0.488. The highest BCUT2D eigenvalue weighted by molar-refractivity contribution is 5.93. The van der Waals surface area contributed by atoms with Gasteiger partial charge >= 0.3 is 0 Å². The maximum atomic E-state index is 11.9. The smallest absolute Gasteiger partial charge is 0.270 e. The van der Waals surface area contributed by atoms with Crippen molar-refractivity contribution in [3.05, 3.63) is 36.3 Å². The molecule has 1 amide bonds. The Morgan fingerprint density at radius 3 is 3.17 bits per heavy atom. The Labute approximate surface area is 105 Å². The minimum Gasteiger partial charge on any atom is -0.391 e. The third-order valence-electron chi connectivity index (χ3n) is 2.77. The van der Waals surface area contributed by atoms with Crippen LogP contribution in [0.1, 0.15) is 30.3 Å². The fourth-order valence-corrected chi connectivity index (χ4v) is 1.84. The molecule has 0 aromatic carbocycles. The molecule has 2 heterocycles. The summed E-state index contributed by atoms with van der Waals surface area (Å²) in [6, 6.07) is 5.55. The Morgan fingerprint density at radius 2 is 2.39 bits per heavy atom. The number of fused-ring (bicyclic) bond motifs is 1. The molecule has 2 aromatic rings. The van der Waals surface area contributed by atoms with Gasteiger partial charge in [0.2, 0.25) is 0 Å². The second-order valence-corrected chi connectivity index (χ2v) is 4.22. The first-order chi connectivity index (χ1) is 8.72. The molecule has 0 spiro atoms. The van der Waals surface area contributed by atoms with Crippen LogP contribution in [0.3, 0.4) is 0 Å². The summed E-state index contributed by atoms with van der Waals surface area (Å²) in [5.74, 6) is -0.219. The van der Waals surface area contributed by atoms with E-state index in [9.17, 15) is 9.90 Å². The Hall–Kier alpha value is -1.88. The van der Waals surface area contributed by atoms with Crippen LogP contribution < -0.4 is 5.32 Å². The van der Waals surface area contributed by atoms with Crippen molar-refractivity contribution in [2.24, 2.45) is 0 Å². The lowest BCUT2D eigenvalue weighted by atomic mass is 10.2. The van der Waals surface area contributed by atoms with E-state index in [-0.39, 0.29) is 12.5 Å². The molecule has 0 aliphatic carbocycles. The van der Waals surface area contributed by atoms with Crippen molar-refractivity contribution in [3.63, 3.8) is 0 Å². The number of aromatic nitrogens is 2. The van der Waals surface area contributed by atoms with Gasteiger partial charge in [-0.15, -0.1) is 0 Å². The topological polar surface area (TPSA) is 66.6 Å². The van der Waals surface area contributed by atoms with Gasteiger partial charge in [-0.1, -0.05) is 19.4 Å². The van der Waals surface area contributed by atoms with Gasteiger partial charge in [-0.3, -0.25) is 9.20 Å². The third kappa shape index (κ3) is 2.68. The number of nitrogens with one attached hydrogen (secondary N) is 1. The molecule has 0 radical (unpaired) electrons. The highest BCUT2D eigenvalue weighted by Crippen LogP contribution is 2.05. The van der Waals surface area contributed by atoms with E-state index in [1.54, 1.807) is 10.6 Å². The summed E-state index contributed by atoms with van der Waals surface area (Å²) >= 11 is 0. The fourth-order valence-electron chi connectivity index (χ4n) is 1.84. The summed E-state index contributed by atoms with van der Waals surface area (Å²) in [6.45, 7) is 2.27. The van der Waals surface area contributed by atoms with Crippen molar-refractivity contribution < 1.29 is 9.90 Å².